The summed E-state index contributed by atoms with van der Waals surface area (Å²) in [7, 11) is 3.33. The Balaban J connectivity index is 1.81. The molecule has 0 N–H and O–H groups in total. The smallest absolute Gasteiger partial charge is 0.218 e. The quantitative estimate of drug-likeness (QED) is 0.428. The van der Waals surface area contributed by atoms with Crippen molar-refractivity contribution in [2.24, 2.45) is 7.05 Å². The summed E-state index contributed by atoms with van der Waals surface area (Å²) < 4.78 is 20.4. The molecule has 30 heavy (non-hydrogen) atoms. The van der Waals surface area contributed by atoms with Crippen LogP contribution in [0.25, 0.3) is 10.9 Å². The van der Waals surface area contributed by atoms with Gasteiger partial charge in [-0.05, 0) is 42.8 Å². The summed E-state index contributed by atoms with van der Waals surface area (Å²) in [6.07, 6.45) is 1.99. The molecule has 2 heterocycles. The fraction of sp³-hybridized carbons (Fsp3) is 0.174. The number of aromatic nitrogens is 3. The molecular formula is C23H19ClFN3O2. The third kappa shape index (κ3) is 3.55. The van der Waals surface area contributed by atoms with Crippen LogP contribution in [0.15, 0.2) is 48.7 Å². The first-order valence-electron chi connectivity index (χ1n) is 9.32. The second-order valence-corrected chi connectivity index (χ2v) is 7.41. The van der Waals surface area contributed by atoms with Gasteiger partial charge >= 0.3 is 0 Å². The molecule has 0 aliphatic heterocycles. The van der Waals surface area contributed by atoms with Gasteiger partial charge in [-0.2, -0.15) is 0 Å². The number of hydrogen-bond donors (Lipinski definition) is 0. The van der Waals surface area contributed by atoms with Crippen molar-refractivity contribution < 1.29 is 13.9 Å². The first-order chi connectivity index (χ1) is 14.4. The van der Waals surface area contributed by atoms with Gasteiger partial charge < -0.3 is 9.30 Å². The number of methoxy groups -OCH3 is 1. The number of carbonyl (C=O) groups excluding carboxylic acids is 1. The number of nitrogens with zero attached hydrogens (tertiary/aromatic N) is 3. The average molecular weight is 424 g/mol. The van der Waals surface area contributed by atoms with Crippen LogP contribution < -0.4 is 4.74 Å². The summed E-state index contributed by atoms with van der Waals surface area (Å²) in [5.74, 6) is 0.706. The number of fused-ring (bicyclic) bond motifs is 1. The van der Waals surface area contributed by atoms with Crippen LogP contribution in [0, 0.1) is 12.7 Å². The molecule has 2 aromatic heterocycles. The van der Waals surface area contributed by atoms with Gasteiger partial charge in [0.15, 0.2) is 0 Å². The van der Waals surface area contributed by atoms with Crippen molar-refractivity contribution in [3.63, 3.8) is 0 Å². The zero-order valence-corrected chi connectivity index (χ0v) is 17.5. The standard InChI is InChI=1S/C23H19ClFN3O2/c1-13-26-12-20(28(13)2)22(29)15-6-9-19-17(11-15)21(24)18(23(27-19)30-3)10-14-4-7-16(25)8-5-14/h4-9,11-12H,10H2,1-3H3. The van der Waals surface area contributed by atoms with Crippen LogP contribution in [0.4, 0.5) is 4.39 Å². The minimum absolute atomic E-state index is 0.146. The predicted molar refractivity (Wildman–Crippen MR) is 114 cm³/mol. The Hall–Kier alpha value is -3.25. The number of imidazole rings is 1. The van der Waals surface area contributed by atoms with E-state index in [0.717, 1.165) is 11.4 Å². The topological polar surface area (TPSA) is 57.0 Å². The Bertz CT molecular complexity index is 1270. The molecule has 0 atom stereocenters. The lowest BCUT2D eigenvalue weighted by Gasteiger charge is -2.13. The molecule has 0 unspecified atom stereocenters. The van der Waals surface area contributed by atoms with Crippen molar-refractivity contribution in [3.8, 4) is 5.88 Å². The first-order valence-corrected chi connectivity index (χ1v) is 9.70. The van der Waals surface area contributed by atoms with Gasteiger partial charge in [-0.1, -0.05) is 23.7 Å². The zero-order valence-electron chi connectivity index (χ0n) is 16.7. The molecule has 0 fully saturated rings. The SMILES string of the molecule is COc1nc2ccc(C(=O)c3cnc(C)n3C)cc2c(Cl)c1Cc1ccc(F)cc1. The Labute approximate surface area is 178 Å². The lowest BCUT2D eigenvalue weighted by atomic mass is 10.0. The van der Waals surface area contributed by atoms with Gasteiger partial charge in [0, 0.05) is 30.0 Å². The maximum absolute atomic E-state index is 13.2. The van der Waals surface area contributed by atoms with E-state index in [1.807, 2.05) is 6.92 Å². The third-order valence-electron chi connectivity index (χ3n) is 5.18. The summed E-state index contributed by atoms with van der Waals surface area (Å²) in [5, 5.41) is 1.11. The van der Waals surface area contributed by atoms with Crippen LogP contribution >= 0.6 is 11.6 Å². The molecule has 0 saturated carbocycles. The summed E-state index contributed by atoms with van der Waals surface area (Å²) in [4.78, 5) is 21.7. The van der Waals surface area contributed by atoms with Crippen LogP contribution in [0.1, 0.15) is 33.0 Å². The number of ether oxygens (including phenoxy) is 1. The van der Waals surface area contributed by atoms with Crippen LogP contribution in [-0.2, 0) is 13.5 Å². The van der Waals surface area contributed by atoms with Gasteiger partial charge in [0.1, 0.15) is 17.3 Å². The number of halogens is 2. The molecule has 0 bridgehead atoms. The molecule has 4 aromatic rings. The number of pyridine rings is 1. The van der Waals surface area contributed by atoms with Gasteiger partial charge in [-0.25, -0.2) is 14.4 Å². The zero-order chi connectivity index (χ0) is 21.4. The molecule has 152 valence electrons. The van der Waals surface area contributed by atoms with Crippen LogP contribution in [-0.4, -0.2) is 27.4 Å². The van der Waals surface area contributed by atoms with Crippen LogP contribution in [0.3, 0.4) is 0 Å². The van der Waals surface area contributed by atoms with Gasteiger partial charge in [0.25, 0.3) is 0 Å². The summed E-state index contributed by atoms with van der Waals surface area (Å²) in [5.41, 5.74) is 3.16. The van der Waals surface area contributed by atoms with E-state index in [0.29, 0.717) is 45.0 Å². The summed E-state index contributed by atoms with van der Waals surface area (Å²) in [6, 6.07) is 11.4. The highest BCUT2D eigenvalue weighted by molar-refractivity contribution is 6.36. The van der Waals surface area contributed by atoms with E-state index < -0.39 is 0 Å². The molecule has 0 spiro atoms. The second kappa shape index (κ2) is 7.88. The number of ketones is 1. The Kier molecular flexibility index (Phi) is 5.26. The lowest BCUT2D eigenvalue weighted by Crippen LogP contribution is -2.08. The molecule has 2 aromatic carbocycles. The Morgan fingerprint density at radius 3 is 2.57 bits per heavy atom. The van der Waals surface area contributed by atoms with Gasteiger partial charge in [-0.15, -0.1) is 0 Å². The molecular weight excluding hydrogens is 405 g/mol. The van der Waals surface area contributed by atoms with Gasteiger partial charge in [0.2, 0.25) is 11.7 Å². The Morgan fingerprint density at radius 1 is 1.20 bits per heavy atom. The van der Waals surface area contributed by atoms with Crippen molar-refractivity contribution in [3.05, 3.63) is 87.7 Å². The lowest BCUT2D eigenvalue weighted by molar-refractivity contribution is 0.103. The first kappa shape index (κ1) is 20.0. The van der Waals surface area contributed by atoms with Crippen molar-refractivity contribution in [2.45, 2.75) is 13.3 Å². The number of benzene rings is 2. The number of rotatable bonds is 5. The van der Waals surface area contributed by atoms with Crippen molar-refractivity contribution in [2.75, 3.05) is 7.11 Å². The Morgan fingerprint density at radius 2 is 1.93 bits per heavy atom. The van der Waals surface area contributed by atoms with E-state index in [1.165, 1.54) is 19.2 Å². The molecule has 0 aliphatic rings. The molecule has 0 aliphatic carbocycles. The van der Waals surface area contributed by atoms with Crippen molar-refractivity contribution in [1.82, 2.24) is 14.5 Å². The normalized spacial score (nSPS) is 11.1. The van der Waals surface area contributed by atoms with Gasteiger partial charge in [-0.3, -0.25) is 4.79 Å². The maximum Gasteiger partial charge on any atom is 0.218 e. The summed E-state index contributed by atoms with van der Waals surface area (Å²) in [6.45, 7) is 1.84. The molecule has 4 rings (SSSR count). The van der Waals surface area contributed by atoms with E-state index in [4.69, 9.17) is 16.3 Å². The molecule has 0 saturated heterocycles. The summed E-state index contributed by atoms with van der Waals surface area (Å²) >= 11 is 6.74. The van der Waals surface area contributed by atoms with E-state index in [2.05, 4.69) is 9.97 Å². The highest BCUT2D eigenvalue weighted by Gasteiger charge is 2.19. The van der Waals surface area contributed by atoms with Crippen molar-refractivity contribution >= 4 is 28.3 Å². The minimum atomic E-state index is -0.304. The fourth-order valence-corrected chi connectivity index (χ4v) is 3.67. The van der Waals surface area contributed by atoms with Crippen molar-refractivity contribution in [1.29, 1.82) is 0 Å². The predicted octanol–water partition coefficient (Wildman–Crippen LogP) is 4.90. The third-order valence-corrected chi connectivity index (χ3v) is 5.61. The largest absolute Gasteiger partial charge is 0.481 e. The number of aryl methyl sites for hydroxylation is 1. The molecule has 7 heteroatoms. The maximum atomic E-state index is 13.2. The monoisotopic (exact) mass is 423 g/mol. The van der Waals surface area contributed by atoms with E-state index in [-0.39, 0.29) is 11.6 Å². The average Bonchev–Trinajstić information content (AvgIpc) is 3.09. The van der Waals surface area contributed by atoms with E-state index >= 15 is 0 Å². The van der Waals surface area contributed by atoms with Crippen LogP contribution in [0.5, 0.6) is 5.88 Å². The van der Waals surface area contributed by atoms with Gasteiger partial charge in [0.05, 0.1) is 23.8 Å². The fourth-order valence-electron chi connectivity index (χ4n) is 3.37. The second-order valence-electron chi connectivity index (χ2n) is 7.03. The highest BCUT2D eigenvalue weighted by Crippen LogP contribution is 2.34. The van der Waals surface area contributed by atoms with E-state index in [1.54, 1.807) is 48.1 Å². The molecule has 5 nitrogen and oxygen atoms in total. The number of hydrogen-bond acceptors (Lipinski definition) is 4. The highest BCUT2D eigenvalue weighted by atomic mass is 35.5. The number of carbonyl (C=O) groups is 1. The minimum Gasteiger partial charge on any atom is -0.481 e. The van der Waals surface area contributed by atoms with E-state index in [9.17, 15) is 9.18 Å². The molecule has 0 radical (unpaired) electrons. The van der Waals surface area contributed by atoms with Crippen LogP contribution in [0.2, 0.25) is 5.02 Å². The molecule has 0 amide bonds.